The van der Waals surface area contributed by atoms with Crippen molar-refractivity contribution in [2.45, 2.75) is 76.1 Å². The number of benzene rings is 1. The molecule has 2 heterocycles. The molecule has 2 saturated heterocycles. The molecular weight excluding hydrogens is 406 g/mol. The third-order valence-corrected chi connectivity index (χ3v) is 7.42. The monoisotopic (exact) mass is 443 g/mol. The van der Waals surface area contributed by atoms with E-state index < -0.39 is 6.10 Å². The van der Waals surface area contributed by atoms with Crippen molar-refractivity contribution in [1.29, 1.82) is 0 Å². The third kappa shape index (κ3) is 5.44. The standard InChI is InChI=1S/C25H37N3O4/c1-32-22-9-5-6-18(14-22)16-26-24(30)23-15-21(29)17-28(23)20-10-12-27(13-11-20)25(31)19-7-3-2-4-8-19/h5-6,9,14,19-21,23,29H,2-4,7-8,10-13,15-17H2,1H3,(H,26,30)/t21-,23+/m1/s1. The lowest BCUT2D eigenvalue weighted by Gasteiger charge is -2.40. The van der Waals surface area contributed by atoms with Crippen molar-refractivity contribution in [2.24, 2.45) is 5.92 Å². The van der Waals surface area contributed by atoms with Gasteiger partial charge in [0.15, 0.2) is 0 Å². The van der Waals surface area contributed by atoms with Crippen molar-refractivity contribution in [3.8, 4) is 5.75 Å². The number of aliphatic hydroxyl groups is 1. The zero-order valence-corrected chi connectivity index (χ0v) is 19.2. The van der Waals surface area contributed by atoms with Crippen LogP contribution in [0.1, 0.15) is 56.9 Å². The van der Waals surface area contributed by atoms with Gasteiger partial charge in [-0.25, -0.2) is 0 Å². The molecule has 1 aromatic rings. The van der Waals surface area contributed by atoms with Crippen LogP contribution < -0.4 is 10.1 Å². The molecule has 0 bridgehead atoms. The maximum atomic E-state index is 13.0. The number of nitrogens with zero attached hydrogens (tertiary/aromatic N) is 2. The first-order chi connectivity index (χ1) is 15.5. The first kappa shape index (κ1) is 23.1. The van der Waals surface area contributed by atoms with Crippen molar-refractivity contribution in [3.05, 3.63) is 29.8 Å². The van der Waals surface area contributed by atoms with Gasteiger partial charge in [0.25, 0.3) is 0 Å². The molecule has 0 aromatic heterocycles. The van der Waals surface area contributed by atoms with Gasteiger partial charge in [0, 0.05) is 38.1 Å². The molecule has 2 N–H and O–H groups in total. The van der Waals surface area contributed by atoms with Crippen molar-refractivity contribution in [1.82, 2.24) is 15.1 Å². The number of nitrogens with one attached hydrogen (secondary N) is 1. The molecule has 1 aromatic carbocycles. The molecule has 32 heavy (non-hydrogen) atoms. The number of β-amino-alcohol motifs (C(OH)–C–C–N with tert-alkyl or cyclic N) is 1. The minimum Gasteiger partial charge on any atom is -0.497 e. The fraction of sp³-hybridized carbons (Fsp3) is 0.680. The summed E-state index contributed by atoms with van der Waals surface area (Å²) in [6, 6.07) is 7.58. The minimum absolute atomic E-state index is 0.0370. The molecule has 4 rings (SSSR count). The molecule has 0 unspecified atom stereocenters. The summed E-state index contributed by atoms with van der Waals surface area (Å²) in [5.41, 5.74) is 0.984. The maximum absolute atomic E-state index is 13.0. The Hall–Kier alpha value is -2.12. The number of rotatable bonds is 6. The summed E-state index contributed by atoms with van der Waals surface area (Å²) in [4.78, 5) is 30.1. The van der Waals surface area contributed by atoms with Crippen LogP contribution in [0.4, 0.5) is 0 Å². The third-order valence-electron chi connectivity index (χ3n) is 7.42. The van der Waals surface area contributed by atoms with Gasteiger partial charge in [0.2, 0.25) is 11.8 Å². The Kier molecular flexibility index (Phi) is 7.68. The normalized spacial score (nSPS) is 25.6. The Balaban J connectivity index is 1.30. The average Bonchev–Trinajstić information content (AvgIpc) is 3.24. The predicted octanol–water partition coefficient (Wildman–Crippen LogP) is 2.32. The average molecular weight is 444 g/mol. The first-order valence-corrected chi connectivity index (χ1v) is 12.2. The van der Waals surface area contributed by atoms with Crippen molar-refractivity contribution in [2.75, 3.05) is 26.7 Å². The second-order valence-electron chi connectivity index (χ2n) is 9.56. The fourth-order valence-corrected chi connectivity index (χ4v) is 5.61. The smallest absolute Gasteiger partial charge is 0.237 e. The SMILES string of the molecule is COc1cccc(CNC(=O)[C@@H]2C[C@@H](O)CN2C2CCN(C(=O)C3CCCCC3)CC2)c1. The first-order valence-electron chi connectivity index (χ1n) is 12.2. The molecule has 7 heteroatoms. The Morgan fingerprint density at radius 3 is 2.59 bits per heavy atom. The Labute approximate surface area is 191 Å². The maximum Gasteiger partial charge on any atom is 0.237 e. The van der Waals surface area contributed by atoms with Gasteiger partial charge in [0.1, 0.15) is 5.75 Å². The number of piperidine rings is 1. The van der Waals surface area contributed by atoms with Gasteiger partial charge in [-0.1, -0.05) is 31.4 Å². The van der Waals surface area contributed by atoms with Gasteiger partial charge in [0.05, 0.1) is 19.3 Å². The van der Waals surface area contributed by atoms with E-state index in [0.717, 1.165) is 50.1 Å². The van der Waals surface area contributed by atoms with Crippen LogP contribution in [-0.4, -0.2) is 71.7 Å². The van der Waals surface area contributed by atoms with Crippen LogP contribution in [0.25, 0.3) is 0 Å². The number of carbonyl (C=O) groups is 2. The molecule has 0 spiro atoms. The largest absolute Gasteiger partial charge is 0.497 e. The van der Waals surface area contributed by atoms with Gasteiger partial charge in [-0.05, 0) is 49.8 Å². The van der Waals surface area contributed by atoms with Crippen molar-refractivity contribution >= 4 is 11.8 Å². The topological polar surface area (TPSA) is 82.1 Å². The van der Waals surface area contributed by atoms with Gasteiger partial charge in [-0.15, -0.1) is 0 Å². The second kappa shape index (κ2) is 10.7. The number of hydrogen-bond donors (Lipinski definition) is 2. The van der Waals surface area contributed by atoms with Crippen LogP contribution in [0, 0.1) is 5.92 Å². The van der Waals surface area contributed by atoms with Gasteiger partial charge < -0.3 is 20.1 Å². The molecule has 2 atom stereocenters. The van der Waals surface area contributed by atoms with E-state index in [9.17, 15) is 14.7 Å². The molecule has 1 saturated carbocycles. The van der Waals surface area contributed by atoms with E-state index in [4.69, 9.17) is 4.74 Å². The number of methoxy groups -OCH3 is 1. The van der Waals surface area contributed by atoms with Crippen LogP contribution in [0.15, 0.2) is 24.3 Å². The summed E-state index contributed by atoms with van der Waals surface area (Å²) in [5.74, 6) is 1.27. The van der Waals surface area contributed by atoms with E-state index in [0.29, 0.717) is 25.4 Å². The lowest BCUT2D eigenvalue weighted by atomic mass is 9.87. The Morgan fingerprint density at radius 1 is 1.12 bits per heavy atom. The summed E-state index contributed by atoms with van der Waals surface area (Å²) in [6.45, 7) is 2.47. The van der Waals surface area contributed by atoms with Gasteiger partial charge in [-0.2, -0.15) is 0 Å². The number of amides is 2. The van der Waals surface area contributed by atoms with Crippen LogP contribution in [-0.2, 0) is 16.1 Å². The molecule has 2 amide bonds. The zero-order valence-electron chi connectivity index (χ0n) is 19.2. The van der Waals surface area contributed by atoms with Crippen LogP contribution >= 0.6 is 0 Å². The number of carbonyl (C=O) groups excluding carboxylic acids is 2. The lowest BCUT2D eigenvalue weighted by molar-refractivity contribution is -0.139. The molecule has 7 nitrogen and oxygen atoms in total. The summed E-state index contributed by atoms with van der Waals surface area (Å²) in [6.07, 6.45) is 7.38. The van der Waals surface area contributed by atoms with Gasteiger partial charge >= 0.3 is 0 Å². The van der Waals surface area contributed by atoms with Crippen LogP contribution in [0.5, 0.6) is 5.75 Å². The highest BCUT2D eigenvalue weighted by molar-refractivity contribution is 5.82. The predicted molar refractivity (Wildman–Crippen MR) is 122 cm³/mol. The number of ether oxygens (including phenoxy) is 1. The minimum atomic E-state index is -0.482. The van der Waals surface area contributed by atoms with E-state index in [2.05, 4.69) is 10.2 Å². The quantitative estimate of drug-likeness (QED) is 0.705. The van der Waals surface area contributed by atoms with Crippen molar-refractivity contribution in [3.63, 3.8) is 0 Å². The Morgan fingerprint density at radius 2 is 1.88 bits per heavy atom. The number of likely N-dealkylation sites (tertiary alicyclic amines) is 2. The van der Waals surface area contributed by atoms with E-state index in [1.807, 2.05) is 29.2 Å². The lowest BCUT2D eigenvalue weighted by Crippen LogP contribution is -2.52. The van der Waals surface area contributed by atoms with Crippen LogP contribution in [0.2, 0.25) is 0 Å². The number of aliphatic hydroxyl groups excluding tert-OH is 1. The second-order valence-corrected chi connectivity index (χ2v) is 9.56. The molecular formula is C25H37N3O4. The van der Waals surface area contributed by atoms with Crippen LogP contribution in [0.3, 0.4) is 0 Å². The van der Waals surface area contributed by atoms with Crippen molar-refractivity contribution < 1.29 is 19.4 Å². The van der Waals surface area contributed by atoms with E-state index in [1.54, 1.807) is 7.11 Å². The zero-order chi connectivity index (χ0) is 22.5. The van der Waals surface area contributed by atoms with E-state index in [-0.39, 0.29) is 23.9 Å². The number of hydrogen-bond acceptors (Lipinski definition) is 5. The summed E-state index contributed by atoms with van der Waals surface area (Å²) in [7, 11) is 1.63. The molecule has 2 aliphatic heterocycles. The molecule has 0 radical (unpaired) electrons. The molecule has 3 aliphatic rings. The highest BCUT2D eigenvalue weighted by Crippen LogP contribution is 2.30. The fourth-order valence-electron chi connectivity index (χ4n) is 5.61. The highest BCUT2D eigenvalue weighted by Gasteiger charge is 2.41. The van der Waals surface area contributed by atoms with E-state index in [1.165, 1.54) is 19.3 Å². The summed E-state index contributed by atoms with van der Waals surface area (Å²) >= 11 is 0. The molecule has 1 aliphatic carbocycles. The van der Waals surface area contributed by atoms with E-state index >= 15 is 0 Å². The summed E-state index contributed by atoms with van der Waals surface area (Å²) in [5, 5.41) is 13.4. The molecule has 176 valence electrons. The summed E-state index contributed by atoms with van der Waals surface area (Å²) < 4.78 is 5.25. The Bertz CT molecular complexity index is 787. The highest BCUT2D eigenvalue weighted by atomic mass is 16.5. The van der Waals surface area contributed by atoms with Gasteiger partial charge in [-0.3, -0.25) is 14.5 Å². The molecule has 3 fully saturated rings.